The lowest BCUT2D eigenvalue weighted by Gasteiger charge is -2.43. The van der Waals surface area contributed by atoms with Gasteiger partial charge in [-0.05, 0) is 17.7 Å². The zero-order valence-electron chi connectivity index (χ0n) is 12.0. The second kappa shape index (κ2) is 5.19. The van der Waals surface area contributed by atoms with Crippen LogP contribution in [-0.2, 0) is 17.6 Å². The van der Waals surface area contributed by atoms with Gasteiger partial charge in [0.1, 0.15) is 5.54 Å². The molecule has 1 saturated heterocycles. The van der Waals surface area contributed by atoms with Crippen molar-refractivity contribution in [3.8, 4) is 0 Å². The summed E-state index contributed by atoms with van der Waals surface area (Å²) < 4.78 is 0. The number of hydrogen-bond donors (Lipinski definition) is 1. The smallest absolute Gasteiger partial charge is 0.324 e. The molecule has 1 aliphatic carbocycles. The third kappa shape index (κ3) is 2.13. The van der Waals surface area contributed by atoms with Crippen molar-refractivity contribution in [3.05, 3.63) is 35.4 Å². The van der Waals surface area contributed by atoms with E-state index in [-0.39, 0.29) is 0 Å². The minimum Gasteiger partial charge on any atom is -0.480 e. The molecular weight excluding hydrogens is 252 g/mol. The molecule has 0 unspecified atom stereocenters. The monoisotopic (exact) mass is 274 g/mol. The van der Waals surface area contributed by atoms with Gasteiger partial charge in [0, 0.05) is 39.0 Å². The molecule has 4 heteroatoms. The van der Waals surface area contributed by atoms with Crippen molar-refractivity contribution >= 4 is 5.97 Å². The molecule has 3 rings (SSSR count). The van der Waals surface area contributed by atoms with Crippen LogP contribution in [0, 0.1) is 0 Å². The Labute approximate surface area is 120 Å². The van der Waals surface area contributed by atoms with Gasteiger partial charge in [0.15, 0.2) is 0 Å². The van der Waals surface area contributed by atoms with Crippen LogP contribution in [0.25, 0.3) is 0 Å². The highest BCUT2D eigenvalue weighted by molar-refractivity contribution is 5.81. The highest BCUT2D eigenvalue weighted by Gasteiger charge is 2.49. The number of fused-ring (bicyclic) bond motifs is 1. The van der Waals surface area contributed by atoms with Gasteiger partial charge >= 0.3 is 5.97 Å². The van der Waals surface area contributed by atoms with Crippen molar-refractivity contribution in [2.75, 3.05) is 32.7 Å². The Morgan fingerprint density at radius 3 is 2.15 bits per heavy atom. The molecule has 1 fully saturated rings. The van der Waals surface area contributed by atoms with Crippen LogP contribution in [0.3, 0.4) is 0 Å². The van der Waals surface area contributed by atoms with E-state index in [2.05, 4.69) is 28.9 Å². The SMILES string of the molecule is CCN1CCN(C2(C(=O)O)Cc3ccccc3C2)CC1. The molecule has 0 spiro atoms. The number of rotatable bonds is 3. The summed E-state index contributed by atoms with van der Waals surface area (Å²) in [5, 5.41) is 9.86. The van der Waals surface area contributed by atoms with Gasteiger partial charge in [-0.25, -0.2) is 0 Å². The number of hydrogen-bond acceptors (Lipinski definition) is 3. The topological polar surface area (TPSA) is 43.8 Å². The maximum absolute atomic E-state index is 12.0. The summed E-state index contributed by atoms with van der Waals surface area (Å²) in [5.41, 5.74) is 1.68. The largest absolute Gasteiger partial charge is 0.480 e. The molecule has 20 heavy (non-hydrogen) atoms. The Balaban J connectivity index is 1.83. The van der Waals surface area contributed by atoms with E-state index in [0.29, 0.717) is 12.8 Å². The Kier molecular flexibility index (Phi) is 3.52. The third-order valence-corrected chi connectivity index (χ3v) is 4.91. The average molecular weight is 274 g/mol. The predicted octanol–water partition coefficient (Wildman–Crippen LogP) is 1.25. The first-order chi connectivity index (χ1) is 9.65. The number of carbonyl (C=O) groups is 1. The van der Waals surface area contributed by atoms with E-state index in [1.54, 1.807) is 0 Å². The molecule has 1 N–H and O–H groups in total. The van der Waals surface area contributed by atoms with Gasteiger partial charge in [-0.1, -0.05) is 31.2 Å². The molecule has 1 heterocycles. The molecule has 0 saturated carbocycles. The fourth-order valence-electron chi connectivity index (χ4n) is 3.60. The van der Waals surface area contributed by atoms with E-state index in [1.807, 2.05) is 12.1 Å². The van der Waals surface area contributed by atoms with Gasteiger partial charge in [-0.2, -0.15) is 0 Å². The number of likely N-dealkylation sites (N-methyl/N-ethyl adjacent to an activating group) is 1. The number of carboxylic acid groups (broad SMARTS) is 1. The lowest BCUT2D eigenvalue weighted by molar-refractivity contribution is -0.152. The zero-order valence-corrected chi connectivity index (χ0v) is 12.0. The average Bonchev–Trinajstić information content (AvgIpc) is 2.88. The summed E-state index contributed by atoms with van der Waals surface area (Å²) >= 11 is 0. The van der Waals surface area contributed by atoms with E-state index in [1.165, 1.54) is 11.1 Å². The highest BCUT2D eigenvalue weighted by Crippen LogP contribution is 2.35. The molecule has 0 amide bonds. The molecule has 4 nitrogen and oxygen atoms in total. The Bertz CT molecular complexity index is 482. The summed E-state index contributed by atoms with van der Waals surface area (Å²) in [6.45, 7) is 6.87. The highest BCUT2D eigenvalue weighted by atomic mass is 16.4. The van der Waals surface area contributed by atoms with Crippen LogP contribution in [0.4, 0.5) is 0 Å². The van der Waals surface area contributed by atoms with Gasteiger partial charge in [0.25, 0.3) is 0 Å². The molecule has 108 valence electrons. The molecule has 0 radical (unpaired) electrons. The minimum absolute atomic E-state index is 0.643. The van der Waals surface area contributed by atoms with Crippen LogP contribution in [-0.4, -0.2) is 59.1 Å². The summed E-state index contributed by atoms with van der Waals surface area (Å²) in [6, 6.07) is 8.15. The van der Waals surface area contributed by atoms with Crippen molar-refractivity contribution in [1.82, 2.24) is 9.80 Å². The molecule has 1 aliphatic heterocycles. The Morgan fingerprint density at radius 1 is 1.15 bits per heavy atom. The number of nitrogens with zero attached hydrogens (tertiary/aromatic N) is 2. The zero-order chi connectivity index (χ0) is 14.2. The quantitative estimate of drug-likeness (QED) is 0.901. The summed E-state index contributed by atoms with van der Waals surface area (Å²) in [7, 11) is 0. The third-order valence-electron chi connectivity index (χ3n) is 4.91. The number of aliphatic carboxylic acids is 1. The maximum Gasteiger partial charge on any atom is 0.324 e. The van der Waals surface area contributed by atoms with Crippen LogP contribution in [0.15, 0.2) is 24.3 Å². The van der Waals surface area contributed by atoms with Crippen molar-refractivity contribution in [2.45, 2.75) is 25.3 Å². The van der Waals surface area contributed by atoms with Crippen molar-refractivity contribution < 1.29 is 9.90 Å². The van der Waals surface area contributed by atoms with E-state index < -0.39 is 11.5 Å². The maximum atomic E-state index is 12.0. The van der Waals surface area contributed by atoms with E-state index in [0.717, 1.165) is 32.7 Å². The molecule has 0 aromatic heterocycles. The first-order valence-electron chi connectivity index (χ1n) is 7.43. The van der Waals surface area contributed by atoms with Crippen LogP contribution < -0.4 is 0 Å². The van der Waals surface area contributed by atoms with Crippen LogP contribution in [0.5, 0.6) is 0 Å². The van der Waals surface area contributed by atoms with E-state index in [9.17, 15) is 9.90 Å². The first kappa shape index (κ1) is 13.6. The normalized spacial score (nSPS) is 22.6. The molecule has 1 aromatic rings. The first-order valence-corrected chi connectivity index (χ1v) is 7.43. The predicted molar refractivity (Wildman–Crippen MR) is 77.9 cm³/mol. The molecule has 1 aromatic carbocycles. The van der Waals surface area contributed by atoms with Gasteiger partial charge < -0.3 is 10.0 Å². The number of benzene rings is 1. The summed E-state index contributed by atoms with van der Waals surface area (Å²) in [4.78, 5) is 16.6. The molecule has 0 atom stereocenters. The Hall–Kier alpha value is -1.39. The van der Waals surface area contributed by atoms with Gasteiger partial charge in [-0.15, -0.1) is 0 Å². The second-order valence-electron chi connectivity index (χ2n) is 5.88. The van der Waals surface area contributed by atoms with E-state index in [4.69, 9.17) is 0 Å². The van der Waals surface area contributed by atoms with Gasteiger partial charge in [0.2, 0.25) is 0 Å². The second-order valence-corrected chi connectivity index (χ2v) is 5.88. The van der Waals surface area contributed by atoms with Crippen LogP contribution in [0.1, 0.15) is 18.1 Å². The van der Waals surface area contributed by atoms with Gasteiger partial charge in [-0.3, -0.25) is 9.69 Å². The summed E-state index contributed by atoms with van der Waals surface area (Å²) in [6.07, 6.45) is 1.29. The van der Waals surface area contributed by atoms with Crippen molar-refractivity contribution in [3.63, 3.8) is 0 Å². The minimum atomic E-state index is -0.719. The summed E-state index contributed by atoms with van der Waals surface area (Å²) in [5.74, 6) is -0.668. The number of piperazine rings is 1. The van der Waals surface area contributed by atoms with Crippen LogP contribution >= 0.6 is 0 Å². The van der Waals surface area contributed by atoms with Crippen molar-refractivity contribution in [2.24, 2.45) is 0 Å². The lowest BCUT2D eigenvalue weighted by Crippen LogP contribution is -2.61. The number of carboxylic acids is 1. The van der Waals surface area contributed by atoms with Crippen LogP contribution in [0.2, 0.25) is 0 Å². The van der Waals surface area contributed by atoms with Gasteiger partial charge in [0.05, 0.1) is 0 Å². The van der Waals surface area contributed by atoms with E-state index >= 15 is 0 Å². The lowest BCUT2D eigenvalue weighted by atomic mass is 9.92. The molecular formula is C16H22N2O2. The Morgan fingerprint density at radius 2 is 1.70 bits per heavy atom. The molecule has 2 aliphatic rings. The molecule has 0 bridgehead atoms. The van der Waals surface area contributed by atoms with Crippen molar-refractivity contribution in [1.29, 1.82) is 0 Å². The fraction of sp³-hybridized carbons (Fsp3) is 0.562. The fourth-order valence-corrected chi connectivity index (χ4v) is 3.60. The standard InChI is InChI=1S/C16H22N2O2/c1-2-17-7-9-18(10-8-17)16(15(19)20)11-13-5-3-4-6-14(13)12-16/h3-6H,2,7-12H2,1H3,(H,19,20).